The summed E-state index contributed by atoms with van der Waals surface area (Å²) in [5, 5.41) is 11.8. The number of esters is 1. The van der Waals surface area contributed by atoms with Crippen molar-refractivity contribution in [2.45, 2.75) is 13.3 Å². The Labute approximate surface area is 161 Å². The van der Waals surface area contributed by atoms with Crippen LogP contribution in [0.2, 0.25) is 0 Å². The van der Waals surface area contributed by atoms with Gasteiger partial charge in [-0.15, -0.1) is 11.3 Å². The van der Waals surface area contributed by atoms with Crippen LogP contribution < -0.4 is 10.9 Å². The van der Waals surface area contributed by atoms with Crippen LogP contribution in [0.1, 0.15) is 32.5 Å². The SMILES string of the molecule is CCc1cc(C(=O)OC)c(NC(=O)c2cc3cc(Br)ccc3oc2=N)s1. The standard InChI is InChI=1S/C18H15BrN2O4S/c1-3-11-8-13(18(23)24-2)17(26-11)21-16(22)12-7-9-6-10(19)4-5-14(9)25-15(12)20/h4-8,20H,3H2,1-2H3,(H,21,22). The maximum atomic E-state index is 12.7. The number of thiophene rings is 1. The fraction of sp³-hybridized carbons (Fsp3) is 0.167. The van der Waals surface area contributed by atoms with E-state index in [2.05, 4.69) is 21.2 Å². The molecule has 0 radical (unpaired) electrons. The van der Waals surface area contributed by atoms with Crippen LogP contribution in [0, 0.1) is 5.41 Å². The van der Waals surface area contributed by atoms with E-state index in [1.165, 1.54) is 18.4 Å². The smallest absolute Gasteiger partial charge is 0.340 e. The molecule has 8 heteroatoms. The van der Waals surface area contributed by atoms with Gasteiger partial charge in [-0.1, -0.05) is 22.9 Å². The van der Waals surface area contributed by atoms with E-state index >= 15 is 0 Å². The van der Waals surface area contributed by atoms with Gasteiger partial charge in [0, 0.05) is 14.7 Å². The lowest BCUT2D eigenvalue weighted by Gasteiger charge is -2.06. The molecule has 2 heterocycles. The lowest BCUT2D eigenvalue weighted by atomic mass is 10.1. The Morgan fingerprint density at radius 3 is 2.73 bits per heavy atom. The van der Waals surface area contributed by atoms with Crippen molar-refractivity contribution in [3.8, 4) is 0 Å². The van der Waals surface area contributed by atoms with Gasteiger partial charge in [0.1, 0.15) is 16.1 Å². The maximum Gasteiger partial charge on any atom is 0.340 e. The van der Waals surface area contributed by atoms with Gasteiger partial charge in [0.15, 0.2) is 0 Å². The van der Waals surface area contributed by atoms with Crippen LogP contribution >= 0.6 is 27.3 Å². The van der Waals surface area contributed by atoms with E-state index in [9.17, 15) is 9.59 Å². The molecule has 6 nitrogen and oxygen atoms in total. The second kappa shape index (κ2) is 7.43. The van der Waals surface area contributed by atoms with Crippen molar-refractivity contribution in [2.75, 3.05) is 12.4 Å². The lowest BCUT2D eigenvalue weighted by molar-refractivity contribution is 0.0602. The third-order valence-corrected chi connectivity index (χ3v) is 5.42. The molecule has 2 aromatic heterocycles. The van der Waals surface area contributed by atoms with E-state index in [1.54, 1.807) is 30.3 Å². The number of amides is 1. The van der Waals surface area contributed by atoms with Crippen molar-refractivity contribution >= 4 is 55.1 Å². The van der Waals surface area contributed by atoms with Crippen LogP contribution in [0.5, 0.6) is 0 Å². The van der Waals surface area contributed by atoms with Crippen LogP contribution in [-0.2, 0) is 11.2 Å². The van der Waals surface area contributed by atoms with Gasteiger partial charge in [0.2, 0.25) is 5.55 Å². The Balaban J connectivity index is 1.99. The number of hydrogen-bond acceptors (Lipinski definition) is 6. The van der Waals surface area contributed by atoms with Gasteiger partial charge < -0.3 is 14.5 Å². The molecule has 134 valence electrons. The lowest BCUT2D eigenvalue weighted by Crippen LogP contribution is -2.21. The monoisotopic (exact) mass is 434 g/mol. The zero-order valence-corrected chi connectivity index (χ0v) is 16.4. The van der Waals surface area contributed by atoms with E-state index in [-0.39, 0.29) is 11.1 Å². The summed E-state index contributed by atoms with van der Waals surface area (Å²) in [7, 11) is 1.29. The first kappa shape index (κ1) is 18.3. The van der Waals surface area contributed by atoms with Gasteiger partial charge in [-0.3, -0.25) is 10.2 Å². The molecule has 26 heavy (non-hydrogen) atoms. The second-order valence-electron chi connectivity index (χ2n) is 5.43. The van der Waals surface area contributed by atoms with E-state index in [0.717, 1.165) is 15.8 Å². The summed E-state index contributed by atoms with van der Waals surface area (Å²) in [4.78, 5) is 25.6. The molecule has 0 aliphatic carbocycles. The average Bonchev–Trinajstić information content (AvgIpc) is 3.03. The van der Waals surface area contributed by atoms with Crippen molar-refractivity contribution in [3.05, 3.63) is 56.4 Å². The number of hydrogen-bond donors (Lipinski definition) is 2. The van der Waals surface area contributed by atoms with Crippen LogP contribution in [0.15, 0.2) is 39.2 Å². The quantitative estimate of drug-likeness (QED) is 0.597. The third-order valence-electron chi connectivity index (χ3n) is 3.74. The van der Waals surface area contributed by atoms with Gasteiger partial charge >= 0.3 is 5.97 Å². The van der Waals surface area contributed by atoms with Gasteiger partial charge in [-0.25, -0.2) is 4.79 Å². The minimum absolute atomic E-state index is 0.0814. The number of nitrogens with one attached hydrogen (secondary N) is 2. The molecule has 3 aromatic rings. The van der Waals surface area contributed by atoms with Crippen LogP contribution in [0.25, 0.3) is 11.0 Å². The van der Waals surface area contributed by atoms with Gasteiger partial charge in [-0.05, 0) is 36.8 Å². The van der Waals surface area contributed by atoms with Crippen molar-refractivity contribution < 1.29 is 18.7 Å². The summed E-state index contributed by atoms with van der Waals surface area (Å²) < 4.78 is 11.0. The minimum atomic E-state index is -0.519. The summed E-state index contributed by atoms with van der Waals surface area (Å²) in [5.74, 6) is -1.04. The second-order valence-corrected chi connectivity index (χ2v) is 7.48. The summed E-state index contributed by atoms with van der Waals surface area (Å²) >= 11 is 4.68. The predicted molar refractivity (Wildman–Crippen MR) is 103 cm³/mol. The maximum absolute atomic E-state index is 12.7. The molecule has 0 fully saturated rings. The first-order valence-corrected chi connectivity index (χ1v) is 9.34. The highest BCUT2D eigenvalue weighted by Crippen LogP contribution is 2.29. The van der Waals surface area contributed by atoms with E-state index < -0.39 is 11.9 Å². The number of benzene rings is 1. The van der Waals surface area contributed by atoms with Crippen LogP contribution in [0.3, 0.4) is 0 Å². The zero-order chi connectivity index (χ0) is 18.8. The molecule has 0 aliphatic rings. The Bertz CT molecular complexity index is 1070. The van der Waals surface area contributed by atoms with Crippen molar-refractivity contribution in [1.82, 2.24) is 0 Å². The number of halogens is 1. The first-order valence-electron chi connectivity index (χ1n) is 7.73. The number of methoxy groups -OCH3 is 1. The predicted octanol–water partition coefficient (Wildman–Crippen LogP) is 4.34. The number of carbonyl (C=O) groups excluding carboxylic acids is 2. The molecular formula is C18H15BrN2O4S. The minimum Gasteiger partial charge on any atom is -0.465 e. The molecule has 0 spiro atoms. The highest BCUT2D eigenvalue weighted by atomic mass is 79.9. The fourth-order valence-corrected chi connectivity index (χ4v) is 3.78. The molecule has 0 saturated heterocycles. The number of rotatable bonds is 4. The largest absolute Gasteiger partial charge is 0.465 e. The summed E-state index contributed by atoms with van der Waals surface area (Å²) in [6.07, 6.45) is 0.730. The highest BCUT2D eigenvalue weighted by Gasteiger charge is 2.20. The van der Waals surface area contributed by atoms with Gasteiger partial charge in [0.05, 0.1) is 12.7 Å². The van der Waals surface area contributed by atoms with Crippen LogP contribution in [-0.4, -0.2) is 19.0 Å². The average molecular weight is 435 g/mol. The normalized spacial score (nSPS) is 10.7. The van der Waals surface area contributed by atoms with Crippen molar-refractivity contribution in [1.29, 1.82) is 5.41 Å². The molecule has 0 atom stereocenters. The Morgan fingerprint density at radius 1 is 1.27 bits per heavy atom. The van der Waals surface area contributed by atoms with Crippen molar-refractivity contribution in [2.24, 2.45) is 0 Å². The number of anilines is 1. The Kier molecular flexibility index (Phi) is 5.24. The molecule has 0 unspecified atom stereocenters. The van der Waals surface area contributed by atoms with E-state index in [1.807, 2.05) is 6.92 Å². The number of carbonyl (C=O) groups is 2. The topological polar surface area (TPSA) is 92.4 Å². The Hall–Kier alpha value is -2.45. The summed E-state index contributed by atoms with van der Waals surface area (Å²) in [6.45, 7) is 1.96. The zero-order valence-electron chi connectivity index (χ0n) is 14.0. The first-order chi connectivity index (χ1) is 12.4. The fourth-order valence-electron chi connectivity index (χ4n) is 2.42. The summed E-state index contributed by atoms with van der Waals surface area (Å²) in [6, 6.07) is 8.62. The molecule has 3 rings (SSSR count). The molecule has 2 N–H and O–H groups in total. The van der Waals surface area contributed by atoms with E-state index in [0.29, 0.717) is 21.5 Å². The van der Waals surface area contributed by atoms with E-state index in [4.69, 9.17) is 14.6 Å². The molecule has 0 aliphatic heterocycles. The molecule has 0 bridgehead atoms. The molecule has 1 amide bonds. The van der Waals surface area contributed by atoms with Crippen LogP contribution in [0.4, 0.5) is 5.00 Å². The number of ether oxygens (including phenoxy) is 1. The summed E-state index contributed by atoms with van der Waals surface area (Å²) in [5.41, 5.74) is 0.645. The van der Waals surface area contributed by atoms with Gasteiger partial charge in [0.25, 0.3) is 5.91 Å². The molecule has 1 aromatic carbocycles. The number of fused-ring (bicyclic) bond motifs is 1. The number of aryl methyl sites for hydroxylation is 1. The van der Waals surface area contributed by atoms with Crippen molar-refractivity contribution in [3.63, 3.8) is 0 Å². The Morgan fingerprint density at radius 2 is 2.04 bits per heavy atom. The molecular weight excluding hydrogens is 420 g/mol. The third kappa shape index (κ3) is 3.56. The van der Waals surface area contributed by atoms with Gasteiger partial charge in [-0.2, -0.15) is 0 Å². The highest BCUT2D eigenvalue weighted by molar-refractivity contribution is 9.10. The molecule has 0 saturated carbocycles.